The number of carbonyl (C=O) groups excluding carboxylic acids is 1. The number of anilines is 1. The predicted molar refractivity (Wildman–Crippen MR) is 96.0 cm³/mol. The van der Waals surface area contributed by atoms with Crippen molar-refractivity contribution in [3.63, 3.8) is 0 Å². The molecule has 1 amide bonds. The molecule has 4 atom stereocenters. The Balaban J connectivity index is 1.46. The van der Waals surface area contributed by atoms with Gasteiger partial charge < -0.3 is 25.3 Å². The van der Waals surface area contributed by atoms with E-state index in [0.29, 0.717) is 43.1 Å². The molecule has 4 rings (SSSR count). The van der Waals surface area contributed by atoms with Gasteiger partial charge in [-0.3, -0.25) is 4.79 Å². The van der Waals surface area contributed by atoms with Crippen LogP contribution in [0, 0.1) is 18.8 Å². The maximum Gasteiger partial charge on any atom is 0.257 e. The first kappa shape index (κ1) is 17.6. The third-order valence-electron chi connectivity index (χ3n) is 5.99. The summed E-state index contributed by atoms with van der Waals surface area (Å²) < 4.78 is 0. The standard InChI is InChI=1S/C18H27N5O3/c1-11-14(8-20-18(21-11)22-4-2-19-3-5-22)17(26)23-9-12-6-15(24)16(25)7-13(12)10-23/h8,12-13,15-16,19,24-25H,2-7,9-10H2,1H3. The summed E-state index contributed by atoms with van der Waals surface area (Å²) >= 11 is 0. The normalized spacial score (nSPS) is 31.8. The maximum absolute atomic E-state index is 13.0. The number of nitrogens with one attached hydrogen (secondary N) is 1. The molecule has 8 nitrogen and oxygen atoms in total. The van der Waals surface area contributed by atoms with Crippen LogP contribution in [0.15, 0.2) is 6.20 Å². The molecule has 1 aromatic heterocycles. The van der Waals surface area contributed by atoms with Crippen LogP contribution < -0.4 is 10.2 Å². The predicted octanol–water partition coefficient (Wildman–Crippen LogP) is -0.602. The van der Waals surface area contributed by atoms with Crippen LogP contribution in [0.4, 0.5) is 5.95 Å². The van der Waals surface area contributed by atoms with E-state index >= 15 is 0 Å². The van der Waals surface area contributed by atoms with Crippen molar-refractivity contribution < 1.29 is 15.0 Å². The number of carbonyl (C=O) groups is 1. The molecular formula is C18H27N5O3. The lowest BCUT2D eigenvalue weighted by Crippen LogP contribution is -2.44. The van der Waals surface area contributed by atoms with E-state index in [1.54, 1.807) is 6.20 Å². The van der Waals surface area contributed by atoms with Crippen LogP contribution in [-0.2, 0) is 0 Å². The quantitative estimate of drug-likeness (QED) is 0.646. The van der Waals surface area contributed by atoms with E-state index in [2.05, 4.69) is 20.2 Å². The van der Waals surface area contributed by atoms with E-state index in [9.17, 15) is 15.0 Å². The molecule has 0 aromatic carbocycles. The van der Waals surface area contributed by atoms with E-state index in [0.717, 1.165) is 26.2 Å². The first-order valence-electron chi connectivity index (χ1n) is 9.47. The molecule has 1 aliphatic carbocycles. The monoisotopic (exact) mass is 361 g/mol. The minimum Gasteiger partial charge on any atom is -0.390 e. The molecule has 0 spiro atoms. The van der Waals surface area contributed by atoms with Crippen LogP contribution in [0.2, 0.25) is 0 Å². The fraction of sp³-hybridized carbons (Fsp3) is 0.722. The van der Waals surface area contributed by atoms with Crippen LogP contribution in [0.25, 0.3) is 0 Å². The van der Waals surface area contributed by atoms with Crippen molar-refractivity contribution in [2.75, 3.05) is 44.2 Å². The van der Waals surface area contributed by atoms with E-state index in [4.69, 9.17) is 0 Å². The number of aryl methyl sites for hydroxylation is 1. The fourth-order valence-electron chi connectivity index (χ4n) is 4.43. The summed E-state index contributed by atoms with van der Waals surface area (Å²) in [5.41, 5.74) is 1.25. The summed E-state index contributed by atoms with van der Waals surface area (Å²) in [5, 5.41) is 23.1. The number of hydrogen-bond acceptors (Lipinski definition) is 7. The minimum atomic E-state index is -0.672. The number of aliphatic hydroxyl groups excluding tert-OH is 2. The molecule has 8 heteroatoms. The van der Waals surface area contributed by atoms with Gasteiger partial charge in [-0.2, -0.15) is 0 Å². The van der Waals surface area contributed by atoms with Gasteiger partial charge in [0.15, 0.2) is 0 Å². The Morgan fingerprint density at radius 1 is 1.15 bits per heavy atom. The number of piperazine rings is 1. The molecule has 3 fully saturated rings. The van der Waals surface area contributed by atoms with Gasteiger partial charge in [0.05, 0.1) is 23.5 Å². The maximum atomic E-state index is 13.0. The third-order valence-corrected chi connectivity index (χ3v) is 5.99. The van der Waals surface area contributed by atoms with Crippen LogP contribution >= 0.6 is 0 Å². The average Bonchev–Trinajstić information content (AvgIpc) is 3.05. The lowest BCUT2D eigenvalue weighted by Gasteiger charge is -2.31. The van der Waals surface area contributed by atoms with E-state index in [1.165, 1.54) is 0 Å². The molecule has 26 heavy (non-hydrogen) atoms. The van der Waals surface area contributed by atoms with Crippen molar-refractivity contribution in [2.45, 2.75) is 32.0 Å². The number of hydrogen-bond donors (Lipinski definition) is 3. The van der Waals surface area contributed by atoms with E-state index < -0.39 is 12.2 Å². The molecule has 1 aromatic rings. The number of fused-ring (bicyclic) bond motifs is 1. The second-order valence-corrected chi connectivity index (χ2v) is 7.74. The molecule has 2 aliphatic heterocycles. The van der Waals surface area contributed by atoms with Crippen LogP contribution in [-0.4, -0.2) is 82.5 Å². The summed E-state index contributed by atoms with van der Waals surface area (Å²) in [6, 6.07) is 0. The zero-order valence-corrected chi connectivity index (χ0v) is 15.1. The smallest absolute Gasteiger partial charge is 0.257 e. The highest BCUT2D eigenvalue weighted by Gasteiger charge is 2.42. The number of aromatic nitrogens is 2. The molecular weight excluding hydrogens is 334 g/mol. The van der Waals surface area contributed by atoms with Crippen LogP contribution in [0.5, 0.6) is 0 Å². The third kappa shape index (κ3) is 3.28. The van der Waals surface area contributed by atoms with Gasteiger partial charge in [-0.1, -0.05) is 0 Å². The number of aliphatic hydroxyl groups is 2. The SMILES string of the molecule is Cc1nc(N2CCNCC2)ncc1C(=O)N1CC2CC(O)C(O)CC2C1. The van der Waals surface area contributed by atoms with Gasteiger partial charge in [0.2, 0.25) is 5.95 Å². The van der Waals surface area contributed by atoms with Gasteiger partial charge in [0.1, 0.15) is 0 Å². The van der Waals surface area contributed by atoms with E-state index in [-0.39, 0.29) is 17.7 Å². The zero-order valence-electron chi connectivity index (χ0n) is 15.1. The Labute approximate surface area is 153 Å². The molecule has 3 aliphatic rings. The van der Waals surface area contributed by atoms with Gasteiger partial charge in [-0.25, -0.2) is 9.97 Å². The van der Waals surface area contributed by atoms with Crippen molar-refractivity contribution in [1.82, 2.24) is 20.2 Å². The fourth-order valence-corrected chi connectivity index (χ4v) is 4.43. The first-order chi connectivity index (χ1) is 12.5. The number of rotatable bonds is 2. The van der Waals surface area contributed by atoms with Crippen molar-refractivity contribution in [3.8, 4) is 0 Å². The summed E-state index contributed by atoms with van der Waals surface area (Å²) in [6.45, 7) is 6.68. The molecule has 0 bridgehead atoms. The van der Waals surface area contributed by atoms with Crippen molar-refractivity contribution in [1.29, 1.82) is 0 Å². The molecule has 0 radical (unpaired) electrons. The Morgan fingerprint density at radius 2 is 1.77 bits per heavy atom. The largest absolute Gasteiger partial charge is 0.390 e. The van der Waals surface area contributed by atoms with Crippen LogP contribution in [0.1, 0.15) is 28.9 Å². The van der Waals surface area contributed by atoms with Crippen molar-refractivity contribution in [2.24, 2.45) is 11.8 Å². The highest BCUT2D eigenvalue weighted by Crippen LogP contribution is 2.37. The molecule has 1 saturated carbocycles. The Hall–Kier alpha value is -1.77. The topological polar surface area (TPSA) is 102 Å². The van der Waals surface area contributed by atoms with E-state index in [1.807, 2.05) is 11.8 Å². The van der Waals surface area contributed by atoms with Gasteiger partial charge in [0, 0.05) is 45.5 Å². The second kappa shape index (κ2) is 7.09. The summed E-state index contributed by atoms with van der Waals surface area (Å²) in [4.78, 5) is 25.9. The second-order valence-electron chi connectivity index (χ2n) is 7.74. The highest BCUT2D eigenvalue weighted by atomic mass is 16.3. The minimum absolute atomic E-state index is 0.0484. The molecule has 3 heterocycles. The molecule has 3 N–H and O–H groups in total. The Morgan fingerprint density at radius 3 is 2.35 bits per heavy atom. The molecule has 4 unspecified atom stereocenters. The molecule has 2 saturated heterocycles. The zero-order chi connectivity index (χ0) is 18.3. The Kier molecular flexibility index (Phi) is 4.81. The van der Waals surface area contributed by atoms with Gasteiger partial charge in [-0.15, -0.1) is 0 Å². The molecule has 142 valence electrons. The number of nitrogens with zero attached hydrogens (tertiary/aromatic N) is 4. The lowest BCUT2D eigenvalue weighted by atomic mass is 9.79. The summed E-state index contributed by atoms with van der Waals surface area (Å²) in [5.74, 6) is 1.16. The summed E-state index contributed by atoms with van der Waals surface area (Å²) in [6.07, 6.45) is 1.43. The number of likely N-dealkylation sites (tertiary alicyclic amines) is 1. The lowest BCUT2D eigenvalue weighted by molar-refractivity contribution is -0.0372. The van der Waals surface area contributed by atoms with Crippen LogP contribution in [0.3, 0.4) is 0 Å². The van der Waals surface area contributed by atoms with Crippen molar-refractivity contribution >= 4 is 11.9 Å². The first-order valence-corrected chi connectivity index (χ1v) is 9.47. The summed E-state index contributed by atoms with van der Waals surface area (Å²) in [7, 11) is 0. The van der Waals surface area contributed by atoms with Gasteiger partial charge in [0.25, 0.3) is 5.91 Å². The van der Waals surface area contributed by atoms with Gasteiger partial charge in [-0.05, 0) is 31.6 Å². The Bertz CT molecular complexity index is 661. The average molecular weight is 361 g/mol. The van der Waals surface area contributed by atoms with Crippen molar-refractivity contribution in [3.05, 3.63) is 17.5 Å². The number of amides is 1. The highest BCUT2D eigenvalue weighted by molar-refractivity contribution is 5.95. The van der Waals surface area contributed by atoms with Gasteiger partial charge >= 0.3 is 0 Å².